The third-order valence-corrected chi connectivity index (χ3v) is 3.33. The number of hydrogen-bond acceptors (Lipinski definition) is 3. The molecule has 0 aliphatic heterocycles. The number of ether oxygens (including phenoxy) is 1. The van der Waals surface area contributed by atoms with E-state index >= 15 is 0 Å². The molecule has 4 nitrogen and oxygen atoms in total. The molecule has 98 valence electrons. The molecule has 0 unspecified atom stereocenters. The van der Waals surface area contributed by atoms with Crippen LogP contribution in [-0.4, -0.2) is 16.1 Å². The van der Waals surface area contributed by atoms with Gasteiger partial charge in [-0.05, 0) is 46.1 Å². The zero-order valence-electron chi connectivity index (χ0n) is 10.3. The van der Waals surface area contributed by atoms with Crippen molar-refractivity contribution in [3.8, 4) is 11.6 Å². The molecule has 0 aliphatic rings. The number of aromatic nitrogens is 1. The number of halogens is 1. The maximum Gasteiger partial charge on any atom is 0.307 e. The summed E-state index contributed by atoms with van der Waals surface area (Å²) in [6.45, 7) is 1.94. The molecule has 0 aliphatic carbocycles. The number of benzene rings is 1. The van der Waals surface area contributed by atoms with Gasteiger partial charge in [-0.2, -0.15) is 0 Å². The molecule has 0 fully saturated rings. The summed E-state index contributed by atoms with van der Waals surface area (Å²) in [5.41, 5.74) is 1.71. The fourth-order valence-corrected chi connectivity index (χ4v) is 1.80. The van der Waals surface area contributed by atoms with Gasteiger partial charge in [-0.3, -0.25) is 4.79 Å². The van der Waals surface area contributed by atoms with Crippen LogP contribution in [0.25, 0.3) is 0 Å². The van der Waals surface area contributed by atoms with Crippen LogP contribution < -0.4 is 4.74 Å². The lowest BCUT2D eigenvalue weighted by Gasteiger charge is -2.07. The van der Waals surface area contributed by atoms with Crippen molar-refractivity contribution in [1.82, 2.24) is 4.98 Å². The average molecular weight is 322 g/mol. The van der Waals surface area contributed by atoms with E-state index < -0.39 is 5.97 Å². The van der Waals surface area contributed by atoms with E-state index in [0.29, 0.717) is 17.2 Å². The van der Waals surface area contributed by atoms with E-state index in [1.54, 1.807) is 30.5 Å². The molecule has 1 aromatic carbocycles. The van der Waals surface area contributed by atoms with E-state index in [1.165, 1.54) is 0 Å². The molecule has 2 rings (SSSR count). The van der Waals surface area contributed by atoms with E-state index in [9.17, 15) is 4.79 Å². The number of carboxylic acid groups (broad SMARTS) is 1. The van der Waals surface area contributed by atoms with Crippen molar-refractivity contribution in [1.29, 1.82) is 0 Å². The maximum absolute atomic E-state index is 10.7. The number of aryl methyl sites for hydroxylation is 1. The highest BCUT2D eigenvalue weighted by molar-refractivity contribution is 9.10. The summed E-state index contributed by atoms with van der Waals surface area (Å²) < 4.78 is 6.53. The zero-order chi connectivity index (χ0) is 13.8. The van der Waals surface area contributed by atoms with Crippen LogP contribution in [-0.2, 0) is 11.2 Å². The van der Waals surface area contributed by atoms with Crippen molar-refractivity contribution in [2.45, 2.75) is 13.3 Å². The Labute approximate surface area is 119 Å². The molecule has 19 heavy (non-hydrogen) atoms. The quantitative estimate of drug-likeness (QED) is 0.935. The Balaban J connectivity index is 2.18. The minimum absolute atomic E-state index is 0.0238. The van der Waals surface area contributed by atoms with Crippen molar-refractivity contribution >= 4 is 21.9 Å². The van der Waals surface area contributed by atoms with Crippen LogP contribution in [0.2, 0.25) is 0 Å². The highest BCUT2D eigenvalue weighted by Crippen LogP contribution is 2.24. The topological polar surface area (TPSA) is 59.4 Å². The van der Waals surface area contributed by atoms with E-state index in [-0.39, 0.29) is 6.42 Å². The third-order valence-electron chi connectivity index (χ3n) is 2.50. The normalized spacial score (nSPS) is 10.2. The van der Waals surface area contributed by atoms with Gasteiger partial charge in [0.15, 0.2) is 0 Å². The fourth-order valence-electron chi connectivity index (χ4n) is 1.58. The van der Waals surface area contributed by atoms with Crippen molar-refractivity contribution in [2.75, 3.05) is 0 Å². The second-order valence-corrected chi connectivity index (χ2v) is 4.95. The van der Waals surface area contributed by atoms with E-state index in [1.807, 2.05) is 13.0 Å². The Morgan fingerprint density at radius 2 is 2.21 bits per heavy atom. The predicted octanol–water partition coefficient (Wildman–Crippen LogP) is 3.57. The second kappa shape index (κ2) is 5.84. The first-order valence-corrected chi connectivity index (χ1v) is 6.44. The summed E-state index contributed by atoms with van der Waals surface area (Å²) in [4.78, 5) is 14.8. The molecule has 0 radical (unpaired) electrons. The van der Waals surface area contributed by atoms with Gasteiger partial charge >= 0.3 is 5.97 Å². The smallest absolute Gasteiger partial charge is 0.307 e. The van der Waals surface area contributed by atoms with Crippen molar-refractivity contribution in [3.63, 3.8) is 0 Å². The number of nitrogens with zero attached hydrogens (tertiary/aromatic N) is 1. The molecule has 0 saturated carbocycles. The Kier molecular flexibility index (Phi) is 4.16. The van der Waals surface area contributed by atoms with Crippen molar-refractivity contribution < 1.29 is 14.6 Å². The lowest BCUT2D eigenvalue weighted by molar-refractivity contribution is -0.136. The number of pyridine rings is 1. The van der Waals surface area contributed by atoms with Gasteiger partial charge < -0.3 is 9.84 Å². The predicted molar refractivity (Wildman–Crippen MR) is 74.5 cm³/mol. The molecule has 1 aromatic heterocycles. The van der Waals surface area contributed by atoms with E-state index in [4.69, 9.17) is 9.84 Å². The first-order chi connectivity index (χ1) is 9.04. The van der Waals surface area contributed by atoms with Gasteiger partial charge in [0.05, 0.1) is 6.42 Å². The minimum Gasteiger partial charge on any atom is -0.481 e. The van der Waals surface area contributed by atoms with Crippen molar-refractivity contribution in [2.24, 2.45) is 0 Å². The molecule has 0 saturated heterocycles. The van der Waals surface area contributed by atoms with E-state index in [0.717, 1.165) is 10.0 Å². The minimum atomic E-state index is -0.866. The lowest BCUT2D eigenvalue weighted by Crippen LogP contribution is -2.00. The number of carboxylic acids is 1. The Morgan fingerprint density at radius 3 is 2.89 bits per heavy atom. The van der Waals surface area contributed by atoms with Crippen LogP contribution in [0.15, 0.2) is 41.0 Å². The third kappa shape index (κ3) is 3.79. The summed E-state index contributed by atoms with van der Waals surface area (Å²) in [5.74, 6) is 0.191. The SMILES string of the molecule is Cc1cc(Oc2cccc(CC(=O)O)c2)ncc1Br. The molecule has 1 heterocycles. The number of aliphatic carboxylic acids is 1. The van der Waals surface area contributed by atoms with Gasteiger partial charge in [-0.1, -0.05) is 12.1 Å². The van der Waals surface area contributed by atoms with Gasteiger partial charge in [0.1, 0.15) is 5.75 Å². The van der Waals surface area contributed by atoms with E-state index in [2.05, 4.69) is 20.9 Å². The molecule has 0 amide bonds. The molecule has 1 N–H and O–H groups in total. The van der Waals surface area contributed by atoms with Crippen LogP contribution in [0.1, 0.15) is 11.1 Å². The van der Waals surface area contributed by atoms with Crippen LogP contribution in [0.5, 0.6) is 11.6 Å². The first kappa shape index (κ1) is 13.5. The highest BCUT2D eigenvalue weighted by atomic mass is 79.9. The first-order valence-electron chi connectivity index (χ1n) is 5.65. The largest absolute Gasteiger partial charge is 0.481 e. The summed E-state index contributed by atoms with van der Waals surface area (Å²) >= 11 is 3.37. The maximum atomic E-state index is 10.7. The van der Waals surface area contributed by atoms with Crippen molar-refractivity contribution in [3.05, 3.63) is 52.1 Å². The molecule has 0 atom stereocenters. The number of rotatable bonds is 4. The van der Waals surface area contributed by atoms with Crippen LogP contribution in [0, 0.1) is 6.92 Å². The molecule has 2 aromatic rings. The second-order valence-electron chi connectivity index (χ2n) is 4.09. The zero-order valence-corrected chi connectivity index (χ0v) is 11.8. The number of carbonyl (C=O) groups is 1. The van der Waals surface area contributed by atoms with Crippen LogP contribution in [0.3, 0.4) is 0 Å². The van der Waals surface area contributed by atoms with Gasteiger partial charge in [-0.15, -0.1) is 0 Å². The Hall–Kier alpha value is -1.88. The lowest BCUT2D eigenvalue weighted by atomic mass is 10.1. The molecule has 5 heteroatoms. The van der Waals surface area contributed by atoms with Gasteiger partial charge in [0, 0.05) is 16.7 Å². The summed E-state index contributed by atoms with van der Waals surface area (Å²) in [6.07, 6.45) is 1.65. The molecular formula is C14H12BrNO3. The fraction of sp³-hybridized carbons (Fsp3) is 0.143. The molecule has 0 bridgehead atoms. The Morgan fingerprint density at radius 1 is 1.42 bits per heavy atom. The summed E-state index contributed by atoms with van der Waals surface area (Å²) in [5, 5.41) is 8.76. The Bertz CT molecular complexity index is 613. The van der Waals surface area contributed by atoms with Gasteiger partial charge in [0.2, 0.25) is 5.88 Å². The monoisotopic (exact) mass is 321 g/mol. The molecule has 0 spiro atoms. The summed E-state index contributed by atoms with van der Waals surface area (Å²) in [7, 11) is 0. The molecular weight excluding hydrogens is 310 g/mol. The number of hydrogen-bond donors (Lipinski definition) is 1. The highest BCUT2D eigenvalue weighted by Gasteiger charge is 2.05. The summed E-state index contributed by atoms with van der Waals surface area (Å²) in [6, 6.07) is 8.80. The standard InChI is InChI=1S/C14H12BrNO3/c1-9-5-13(16-8-12(9)15)19-11-4-2-3-10(6-11)7-14(17)18/h2-6,8H,7H2,1H3,(H,17,18). The average Bonchev–Trinajstić information content (AvgIpc) is 2.33. The van der Waals surface area contributed by atoms with Crippen LogP contribution >= 0.6 is 15.9 Å². The van der Waals surface area contributed by atoms with Gasteiger partial charge in [0.25, 0.3) is 0 Å². The van der Waals surface area contributed by atoms with Crippen LogP contribution in [0.4, 0.5) is 0 Å². The van der Waals surface area contributed by atoms with Gasteiger partial charge in [-0.25, -0.2) is 4.98 Å².